The SMILES string of the molecule is Cc1ccsc1C(=O)c1c[nH]c2ncnc(NC3CCC(C)CC3)c12. The van der Waals surface area contributed by atoms with E-state index in [4.69, 9.17) is 0 Å². The highest BCUT2D eigenvalue weighted by molar-refractivity contribution is 7.12. The van der Waals surface area contributed by atoms with Crippen molar-refractivity contribution in [1.82, 2.24) is 15.0 Å². The Balaban J connectivity index is 1.70. The molecule has 25 heavy (non-hydrogen) atoms. The number of aromatic nitrogens is 3. The van der Waals surface area contributed by atoms with E-state index in [1.165, 1.54) is 24.2 Å². The number of rotatable bonds is 4. The van der Waals surface area contributed by atoms with Gasteiger partial charge in [0.25, 0.3) is 0 Å². The van der Waals surface area contributed by atoms with Gasteiger partial charge in [0, 0.05) is 12.2 Å². The Morgan fingerprint density at radius 3 is 2.80 bits per heavy atom. The van der Waals surface area contributed by atoms with Gasteiger partial charge in [0.2, 0.25) is 5.78 Å². The van der Waals surface area contributed by atoms with E-state index in [0.717, 1.165) is 40.4 Å². The molecule has 2 N–H and O–H groups in total. The second-order valence-electron chi connectivity index (χ2n) is 7.01. The molecule has 1 fully saturated rings. The number of carbonyl (C=O) groups excluding carboxylic acids is 1. The van der Waals surface area contributed by atoms with Gasteiger partial charge in [-0.3, -0.25) is 4.79 Å². The fourth-order valence-electron chi connectivity index (χ4n) is 3.58. The van der Waals surface area contributed by atoms with Crippen LogP contribution in [0, 0.1) is 12.8 Å². The highest BCUT2D eigenvalue weighted by Gasteiger charge is 2.23. The average molecular weight is 354 g/mol. The van der Waals surface area contributed by atoms with Crippen molar-refractivity contribution in [1.29, 1.82) is 0 Å². The van der Waals surface area contributed by atoms with Crippen LogP contribution in [0.4, 0.5) is 5.82 Å². The summed E-state index contributed by atoms with van der Waals surface area (Å²) in [6.45, 7) is 4.28. The van der Waals surface area contributed by atoms with Gasteiger partial charge in [-0.05, 0) is 55.5 Å². The number of thiophene rings is 1. The molecular formula is C19H22N4OS. The molecule has 0 spiro atoms. The number of ketones is 1. The molecule has 0 bridgehead atoms. The molecule has 0 saturated heterocycles. The molecule has 130 valence electrons. The lowest BCUT2D eigenvalue weighted by Gasteiger charge is -2.27. The van der Waals surface area contributed by atoms with Crippen molar-refractivity contribution in [2.75, 3.05) is 5.32 Å². The van der Waals surface area contributed by atoms with Gasteiger partial charge >= 0.3 is 0 Å². The van der Waals surface area contributed by atoms with E-state index in [2.05, 4.69) is 27.2 Å². The largest absolute Gasteiger partial charge is 0.367 e. The lowest BCUT2D eigenvalue weighted by atomic mass is 9.87. The molecule has 1 aliphatic carbocycles. The third kappa shape index (κ3) is 3.06. The molecule has 6 heteroatoms. The van der Waals surface area contributed by atoms with E-state index in [9.17, 15) is 4.79 Å². The molecule has 1 aliphatic rings. The number of hydrogen-bond donors (Lipinski definition) is 2. The molecule has 4 rings (SSSR count). The standard InChI is InChI=1S/C19H22N4OS/c1-11-3-5-13(6-4-11)23-19-15-14(9-20-18(15)21-10-22-19)16(24)17-12(2)7-8-25-17/h7-11,13H,3-6H2,1-2H3,(H2,20,21,22,23). The Labute approximate surface area is 150 Å². The molecule has 5 nitrogen and oxygen atoms in total. The van der Waals surface area contributed by atoms with Crippen LogP contribution in [0.25, 0.3) is 11.0 Å². The molecule has 3 heterocycles. The number of aryl methyl sites for hydroxylation is 1. The molecule has 0 atom stereocenters. The van der Waals surface area contributed by atoms with Gasteiger partial charge < -0.3 is 10.3 Å². The fourth-order valence-corrected chi connectivity index (χ4v) is 4.46. The van der Waals surface area contributed by atoms with Gasteiger partial charge in [0.05, 0.1) is 15.8 Å². The first kappa shape index (κ1) is 16.3. The molecule has 0 aromatic carbocycles. The van der Waals surface area contributed by atoms with E-state index in [0.29, 0.717) is 17.3 Å². The zero-order chi connectivity index (χ0) is 17.4. The molecule has 3 aromatic heterocycles. The molecule has 0 aliphatic heterocycles. The minimum absolute atomic E-state index is 0.0360. The zero-order valence-corrected chi connectivity index (χ0v) is 15.3. The number of fused-ring (bicyclic) bond motifs is 1. The summed E-state index contributed by atoms with van der Waals surface area (Å²) in [6.07, 6.45) is 8.07. The summed E-state index contributed by atoms with van der Waals surface area (Å²) in [6, 6.07) is 2.39. The predicted octanol–water partition coefficient (Wildman–Crippen LogP) is 4.55. The summed E-state index contributed by atoms with van der Waals surface area (Å²) in [4.78, 5) is 25.7. The lowest BCUT2D eigenvalue weighted by molar-refractivity contribution is 0.104. The van der Waals surface area contributed by atoms with E-state index >= 15 is 0 Å². The van der Waals surface area contributed by atoms with E-state index in [-0.39, 0.29) is 5.78 Å². The van der Waals surface area contributed by atoms with Gasteiger partial charge in [-0.25, -0.2) is 9.97 Å². The van der Waals surface area contributed by atoms with Crippen LogP contribution in [-0.4, -0.2) is 26.8 Å². The summed E-state index contributed by atoms with van der Waals surface area (Å²) in [7, 11) is 0. The number of aromatic amines is 1. The van der Waals surface area contributed by atoms with E-state index in [1.807, 2.05) is 18.4 Å². The smallest absolute Gasteiger partial charge is 0.205 e. The number of H-pyrrole nitrogens is 1. The molecule has 0 amide bonds. The number of anilines is 1. The minimum Gasteiger partial charge on any atom is -0.367 e. The van der Waals surface area contributed by atoms with Crippen LogP contribution < -0.4 is 5.32 Å². The highest BCUT2D eigenvalue weighted by Crippen LogP contribution is 2.31. The van der Waals surface area contributed by atoms with Crippen LogP contribution in [0.2, 0.25) is 0 Å². The van der Waals surface area contributed by atoms with Crippen LogP contribution in [0.1, 0.15) is 53.4 Å². The molecule has 0 radical (unpaired) electrons. The van der Waals surface area contributed by atoms with Gasteiger partial charge in [-0.1, -0.05) is 6.92 Å². The fraction of sp³-hybridized carbons (Fsp3) is 0.421. The zero-order valence-electron chi connectivity index (χ0n) is 14.5. The maximum absolute atomic E-state index is 13.0. The molecule has 3 aromatic rings. The van der Waals surface area contributed by atoms with E-state index < -0.39 is 0 Å². The summed E-state index contributed by atoms with van der Waals surface area (Å²) in [5.74, 6) is 1.60. The third-order valence-corrected chi connectivity index (χ3v) is 6.15. The van der Waals surface area contributed by atoms with Crippen molar-refractivity contribution in [3.8, 4) is 0 Å². The summed E-state index contributed by atoms with van der Waals surface area (Å²) in [5.41, 5.74) is 2.36. The third-order valence-electron chi connectivity index (χ3n) is 5.14. The van der Waals surface area contributed by atoms with Crippen molar-refractivity contribution >= 4 is 34.0 Å². The quantitative estimate of drug-likeness (QED) is 0.674. The second-order valence-corrected chi connectivity index (χ2v) is 7.93. The first-order valence-corrected chi connectivity index (χ1v) is 9.69. The maximum atomic E-state index is 13.0. The van der Waals surface area contributed by atoms with Gasteiger partial charge in [0.15, 0.2) is 0 Å². The van der Waals surface area contributed by atoms with Gasteiger partial charge in [-0.15, -0.1) is 11.3 Å². The highest BCUT2D eigenvalue weighted by atomic mass is 32.1. The van der Waals surface area contributed by atoms with Crippen molar-refractivity contribution in [2.45, 2.75) is 45.6 Å². The average Bonchev–Trinajstić information content (AvgIpc) is 3.23. The first-order chi connectivity index (χ1) is 12.1. The molecular weight excluding hydrogens is 332 g/mol. The van der Waals surface area contributed by atoms with Crippen molar-refractivity contribution < 1.29 is 4.79 Å². The number of hydrogen-bond acceptors (Lipinski definition) is 5. The normalized spacial score (nSPS) is 20.7. The Kier molecular flexibility index (Phi) is 4.29. The minimum atomic E-state index is 0.0360. The Bertz CT molecular complexity index is 905. The lowest BCUT2D eigenvalue weighted by Crippen LogP contribution is -2.25. The first-order valence-electron chi connectivity index (χ1n) is 8.81. The second kappa shape index (κ2) is 6.59. The Hall–Kier alpha value is -2.21. The summed E-state index contributed by atoms with van der Waals surface area (Å²) in [5, 5.41) is 6.32. The topological polar surface area (TPSA) is 70.7 Å². The monoisotopic (exact) mass is 354 g/mol. The van der Waals surface area contributed by atoms with Gasteiger partial charge in [-0.2, -0.15) is 0 Å². The predicted molar refractivity (Wildman–Crippen MR) is 101 cm³/mol. The van der Waals surface area contributed by atoms with Crippen molar-refractivity contribution in [2.24, 2.45) is 5.92 Å². The van der Waals surface area contributed by atoms with Gasteiger partial charge in [0.1, 0.15) is 17.8 Å². The molecule has 1 saturated carbocycles. The number of nitrogens with zero attached hydrogens (tertiary/aromatic N) is 2. The summed E-state index contributed by atoms with van der Waals surface area (Å²) < 4.78 is 0. The Morgan fingerprint density at radius 1 is 1.28 bits per heavy atom. The number of nitrogens with one attached hydrogen (secondary N) is 2. The number of carbonyl (C=O) groups is 1. The summed E-state index contributed by atoms with van der Waals surface area (Å²) >= 11 is 1.48. The van der Waals surface area contributed by atoms with Crippen LogP contribution in [-0.2, 0) is 0 Å². The van der Waals surface area contributed by atoms with Crippen LogP contribution >= 0.6 is 11.3 Å². The van der Waals surface area contributed by atoms with E-state index in [1.54, 1.807) is 12.5 Å². The Morgan fingerprint density at radius 2 is 2.08 bits per heavy atom. The van der Waals surface area contributed by atoms with Crippen molar-refractivity contribution in [3.63, 3.8) is 0 Å². The van der Waals surface area contributed by atoms with Crippen LogP contribution in [0.15, 0.2) is 24.0 Å². The van der Waals surface area contributed by atoms with Crippen LogP contribution in [0.5, 0.6) is 0 Å². The van der Waals surface area contributed by atoms with Crippen molar-refractivity contribution in [3.05, 3.63) is 40.0 Å². The maximum Gasteiger partial charge on any atom is 0.205 e. The van der Waals surface area contributed by atoms with Crippen LogP contribution in [0.3, 0.4) is 0 Å². The molecule has 0 unspecified atom stereocenters.